The van der Waals surface area contributed by atoms with Crippen molar-refractivity contribution in [2.24, 2.45) is 11.7 Å². The van der Waals surface area contributed by atoms with Crippen LogP contribution in [0.3, 0.4) is 0 Å². The Labute approximate surface area is 117 Å². The summed E-state index contributed by atoms with van der Waals surface area (Å²) < 4.78 is 0. The van der Waals surface area contributed by atoms with Crippen LogP contribution < -0.4 is 5.73 Å². The van der Waals surface area contributed by atoms with E-state index in [0.29, 0.717) is 5.92 Å². The van der Waals surface area contributed by atoms with E-state index < -0.39 is 0 Å². The highest BCUT2D eigenvalue weighted by Gasteiger charge is 2.35. The van der Waals surface area contributed by atoms with Crippen LogP contribution in [0.2, 0.25) is 0 Å². The minimum absolute atomic E-state index is 0.227. The molecule has 19 heavy (non-hydrogen) atoms. The average Bonchev–Trinajstić information content (AvgIpc) is 2.90. The number of hydrogen-bond donors (Lipinski definition) is 1. The van der Waals surface area contributed by atoms with Gasteiger partial charge in [0.15, 0.2) is 0 Å². The predicted molar refractivity (Wildman–Crippen MR) is 78.8 cm³/mol. The summed E-state index contributed by atoms with van der Waals surface area (Å²) in [7, 11) is 0. The van der Waals surface area contributed by atoms with E-state index in [1.807, 2.05) is 18.2 Å². The van der Waals surface area contributed by atoms with Crippen molar-refractivity contribution >= 4 is 11.3 Å². The van der Waals surface area contributed by atoms with Gasteiger partial charge in [-0.1, -0.05) is 25.8 Å². The maximum Gasteiger partial charge on any atom is 0.113 e. The van der Waals surface area contributed by atoms with Crippen molar-refractivity contribution < 1.29 is 0 Å². The first-order valence-corrected chi connectivity index (χ1v) is 7.72. The zero-order valence-electron chi connectivity index (χ0n) is 11.2. The Hall–Kier alpha value is -1.26. The maximum atomic E-state index is 6.59. The molecule has 0 bridgehead atoms. The third-order valence-corrected chi connectivity index (χ3v) is 4.95. The highest BCUT2D eigenvalue weighted by Crippen LogP contribution is 2.39. The van der Waals surface area contributed by atoms with Crippen molar-refractivity contribution in [1.29, 1.82) is 0 Å². The Bertz CT molecular complexity index is 552. The molecule has 1 aliphatic carbocycles. The van der Waals surface area contributed by atoms with Gasteiger partial charge in [-0.25, -0.2) is 4.98 Å². The molecule has 0 radical (unpaired) electrons. The van der Waals surface area contributed by atoms with Crippen LogP contribution in [0.1, 0.15) is 37.6 Å². The molecule has 2 N–H and O–H groups in total. The molecule has 1 saturated carbocycles. The van der Waals surface area contributed by atoms with Crippen molar-refractivity contribution in [2.45, 2.75) is 38.1 Å². The number of pyridine rings is 1. The molecule has 2 unspecified atom stereocenters. The molecule has 4 heteroatoms. The first-order valence-electron chi connectivity index (χ1n) is 6.84. The molecular formula is C15H19N3S. The molecule has 1 aliphatic rings. The van der Waals surface area contributed by atoms with Crippen molar-refractivity contribution in [1.82, 2.24) is 9.97 Å². The van der Waals surface area contributed by atoms with Gasteiger partial charge in [-0.2, -0.15) is 0 Å². The zero-order valence-corrected chi connectivity index (χ0v) is 12.0. The van der Waals surface area contributed by atoms with E-state index in [4.69, 9.17) is 10.7 Å². The summed E-state index contributed by atoms with van der Waals surface area (Å²) in [5.41, 5.74) is 8.24. The van der Waals surface area contributed by atoms with E-state index >= 15 is 0 Å². The minimum atomic E-state index is -0.227. The maximum absolute atomic E-state index is 6.59. The van der Waals surface area contributed by atoms with E-state index in [0.717, 1.165) is 29.2 Å². The van der Waals surface area contributed by atoms with Crippen LogP contribution in [0, 0.1) is 5.92 Å². The molecule has 100 valence electrons. The lowest BCUT2D eigenvalue weighted by atomic mass is 9.77. The predicted octanol–water partition coefficient (Wildman–Crippen LogP) is 3.57. The van der Waals surface area contributed by atoms with Crippen LogP contribution in [-0.2, 0) is 5.54 Å². The highest BCUT2D eigenvalue weighted by molar-refractivity contribution is 7.10. The average molecular weight is 273 g/mol. The minimum Gasteiger partial charge on any atom is -0.319 e. The summed E-state index contributed by atoms with van der Waals surface area (Å²) in [5.74, 6) is 0.695. The Morgan fingerprint density at radius 3 is 3.00 bits per heavy atom. The fourth-order valence-corrected chi connectivity index (χ4v) is 3.89. The van der Waals surface area contributed by atoms with Gasteiger partial charge in [0.25, 0.3) is 0 Å². The second-order valence-electron chi connectivity index (χ2n) is 5.61. The lowest BCUT2D eigenvalue weighted by Gasteiger charge is -2.35. The van der Waals surface area contributed by atoms with Crippen molar-refractivity contribution in [3.63, 3.8) is 0 Å². The highest BCUT2D eigenvalue weighted by atomic mass is 32.1. The van der Waals surface area contributed by atoms with E-state index in [9.17, 15) is 0 Å². The molecular weight excluding hydrogens is 254 g/mol. The van der Waals surface area contributed by atoms with Crippen molar-refractivity contribution in [3.8, 4) is 11.4 Å². The topological polar surface area (TPSA) is 51.8 Å². The lowest BCUT2D eigenvalue weighted by Crippen LogP contribution is -2.40. The molecule has 1 fully saturated rings. The second kappa shape index (κ2) is 5.02. The number of rotatable bonds is 2. The van der Waals surface area contributed by atoms with Crippen LogP contribution in [0.15, 0.2) is 29.8 Å². The summed E-state index contributed by atoms with van der Waals surface area (Å²) in [4.78, 5) is 9.09. The summed E-state index contributed by atoms with van der Waals surface area (Å²) in [6.45, 7) is 2.29. The van der Waals surface area contributed by atoms with Gasteiger partial charge in [0.05, 0.1) is 16.9 Å². The van der Waals surface area contributed by atoms with E-state index in [-0.39, 0.29) is 5.54 Å². The number of thiazole rings is 1. The fourth-order valence-electron chi connectivity index (χ4n) is 2.92. The second-order valence-corrected chi connectivity index (χ2v) is 6.47. The number of aromatic nitrogens is 2. The van der Waals surface area contributed by atoms with Crippen LogP contribution in [0.4, 0.5) is 0 Å². The van der Waals surface area contributed by atoms with Crippen molar-refractivity contribution in [3.05, 3.63) is 34.8 Å². The molecule has 0 spiro atoms. The van der Waals surface area contributed by atoms with Gasteiger partial charge < -0.3 is 5.73 Å². The van der Waals surface area contributed by atoms with Crippen LogP contribution >= 0.6 is 11.3 Å². The molecule has 3 rings (SSSR count). The smallest absolute Gasteiger partial charge is 0.113 e. The zero-order chi connectivity index (χ0) is 13.3. The Morgan fingerprint density at radius 2 is 2.26 bits per heavy atom. The molecule has 0 aliphatic heterocycles. The van der Waals surface area contributed by atoms with E-state index in [1.54, 1.807) is 17.5 Å². The van der Waals surface area contributed by atoms with E-state index in [2.05, 4.69) is 17.3 Å². The largest absolute Gasteiger partial charge is 0.319 e. The number of nitrogens with zero attached hydrogens (tertiary/aromatic N) is 2. The van der Waals surface area contributed by atoms with Gasteiger partial charge in [0, 0.05) is 11.6 Å². The number of hydrogen-bond acceptors (Lipinski definition) is 4. The van der Waals surface area contributed by atoms with Gasteiger partial charge in [-0.05, 0) is 30.9 Å². The van der Waals surface area contributed by atoms with Gasteiger partial charge in [-0.3, -0.25) is 4.98 Å². The summed E-state index contributed by atoms with van der Waals surface area (Å²) in [6, 6.07) is 5.90. The Balaban J connectivity index is 1.89. The SMILES string of the molecule is CC1CCCC(N)(c2nc(-c3ccccn3)cs2)C1. The Kier molecular flexibility index (Phi) is 3.37. The normalized spacial score (nSPS) is 27.4. The van der Waals surface area contributed by atoms with Gasteiger partial charge in [0.1, 0.15) is 5.01 Å². The first-order chi connectivity index (χ1) is 9.17. The summed E-state index contributed by atoms with van der Waals surface area (Å²) >= 11 is 1.68. The molecule has 0 aromatic carbocycles. The van der Waals surface area contributed by atoms with Gasteiger partial charge in [-0.15, -0.1) is 11.3 Å². The van der Waals surface area contributed by atoms with Gasteiger partial charge >= 0.3 is 0 Å². The standard InChI is InChI=1S/C15H19N3S/c1-11-5-4-7-15(16,9-11)14-18-13(10-19-14)12-6-2-3-8-17-12/h2-3,6,8,10-11H,4-5,7,9,16H2,1H3. The third kappa shape index (κ3) is 2.55. The Morgan fingerprint density at radius 1 is 1.37 bits per heavy atom. The quantitative estimate of drug-likeness (QED) is 0.910. The number of nitrogens with two attached hydrogens (primary N) is 1. The van der Waals surface area contributed by atoms with Crippen LogP contribution in [0.5, 0.6) is 0 Å². The van der Waals surface area contributed by atoms with Crippen molar-refractivity contribution in [2.75, 3.05) is 0 Å². The molecule has 2 aromatic rings. The molecule has 2 aromatic heterocycles. The molecule has 2 atom stereocenters. The van der Waals surface area contributed by atoms with Crippen LogP contribution in [-0.4, -0.2) is 9.97 Å². The molecule has 2 heterocycles. The summed E-state index contributed by atoms with van der Waals surface area (Å²) in [5, 5.41) is 3.14. The third-order valence-electron chi connectivity index (χ3n) is 3.89. The summed E-state index contributed by atoms with van der Waals surface area (Å²) in [6.07, 6.45) is 6.39. The van der Waals surface area contributed by atoms with E-state index in [1.165, 1.54) is 12.8 Å². The molecule has 0 saturated heterocycles. The molecule has 0 amide bonds. The first kappa shape index (κ1) is 12.8. The fraction of sp³-hybridized carbons (Fsp3) is 0.467. The van der Waals surface area contributed by atoms with Crippen LogP contribution in [0.25, 0.3) is 11.4 Å². The van der Waals surface area contributed by atoms with Gasteiger partial charge in [0.2, 0.25) is 0 Å². The monoisotopic (exact) mass is 273 g/mol. The molecule has 3 nitrogen and oxygen atoms in total. The lowest BCUT2D eigenvalue weighted by molar-refractivity contribution is 0.238.